The summed E-state index contributed by atoms with van der Waals surface area (Å²) in [7, 11) is 0. The van der Waals surface area contributed by atoms with E-state index < -0.39 is 0 Å². The summed E-state index contributed by atoms with van der Waals surface area (Å²) in [6.07, 6.45) is 10.3. The molecule has 0 aliphatic carbocycles. The molecule has 0 aromatic carbocycles. The zero-order valence-corrected chi connectivity index (χ0v) is 6.39. The first-order valence-electron chi connectivity index (χ1n) is 3.26. The minimum Gasteiger partial charge on any atom is -0.0871 e. The van der Waals surface area contributed by atoms with Gasteiger partial charge in [-0.25, -0.2) is 0 Å². The van der Waals surface area contributed by atoms with Crippen LogP contribution in [-0.2, 0) is 0 Å². The third kappa shape index (κ3) is 3.77. The van der Waals surface area contributed by atoms with E-state index in [1.54, 1.807) is 0 Å². The van der Waals surface area contributed by atoms with Crippen LogP contribution >= 0.6 is 0 Å². The van der Waals surface area contributed by atoms with Crippen LogP contribution in [0.1, 0.15) is 20.8 Å². The second-order valence-corrected chi connectivity index (χ2v) is 1.79. The standard InChI is InChI=1S/C9H14/c1-4-7-9(6-3)8-5-2/h4-8H,1-3H3/b7-4-,8-5-. The maximum Gasteiger partial charge on any atom is -0.0306 e. The molecule has 0 N–H and O–H groups in total. The maximum atomic E-state index is 2.08. The molecule has 0 atom stereocenters. The lowest BCUT2D eigenvalue weighted by molar-refractivity contribution is 1.55. The van der Waals surface area contributed by atoms with Crippen molar-refractivity contribution in [3.63, 3.8) is 0 Å². The Morgan fingerprint density at radius 2 is 1.33 bits per heavy atom. The van der Waals surface area contributed by atoms with E-state index in [2.05, 4.69) is 18.2 Å². The summed E-state index contributed by atoms with van der Waals surface area (Å²) < 4.78 is 0. The molecule has 0 bridgehead atoms. The third-order valence-corrected chi connectivity index (χ3v) is 1.05. The van der Waals surface area contributed by atoms with Gasteiger partial charge in [-0.05, 0) is 26.3 Å². The molecule has 0 saturated carbocycles. The molecule has 0 unspecified atom stereocenters. The number of rotatable bonds is 2. The highest BCUT2D eigenvalue weighted by Crippen LogP contribution is 1.97. The van der Waals surface area contributed by atoms with Crippen LogP contribution in [0.15, 0.2) is 36.0 Å². The highest BCUT2D eigenvalue weighted by atomic mass is 13.8. The first-order valence-corrected chi connectivity index (χ1v) is 3.26. The fraction of sp³-hybridized carbons (Fsp3) is 0.333. The fourth-order valence-corrected chi connectivity index (χ4v) is 0.633. The van der Waals surface area contributed by atoms with E-state index in [4.69, 9.17) is 0 Å². The van der Waals surface area contributed by atoms with Gasteiger partial charge in [0.05, 0.1) is 0 Å². The molecule has 0 nitrogen and oxygen atoms in total. The van der Waals surface area contributed by atoms with Gasteiger partial charge in [0.1, 0.15) is 0 Å². The van der Waals surface area contributed by atoms with Gasteiger partial charge in [0.15, 0.2) is 0 Å². The first kappa shape index (κ1) is 8.22. The average molecular weight is 122 g/mol. The van der Waals surface area contributed by atoms with Gasteiger partial charge in [-0.1, -0.05) is 30.4 Å². The lowest BCUT2D eigenvalue weighted by Gasteiger charge is -1.86. The van der Waals surface area contributed by atoms with E-state index in [-0.39, 0.29) is 0 Å². The number of allylic oxidation sites excluding steroid dienone is 6. The Hall–Kier alpha value is -0.780. The molecule has 0 amide bonds. The van der Waals surface area contributed by atoms with E-state index in [0.717, 1.165) is 0 Å². The second kappa shape index (κ2) is 5.36. The van der Waals surface area contributed by atoms with Crippen LogP contribution in [0.2, 0.25) is 0 Å². The van der Waals surface area contributed by atoms with Crippen LogP contribution in [-0.4, -0.2) is 0 Å². The van der Waals surface area contributed by atoms with E-state index in [9.17, 15) is 0 Å². The minimum absolute atomic E-state index is 1.26. The summed E-state index contributed by atoms with van der Waals surface area (Å²) in [5.74, 6) is 0. The van der Waals surface area contributed by atoms with Crippen LogP contribution in [0, 0.1) is 0 Å². The lowest BCUT2D eigenvalue weighted by atomic mass is 10.2. The van der Waals surface area contributed by atoms with Crippen LogP contribution in [0.3, 0.4) is 0 Å². The van der Waals surface area contributed by atoms with Gasteiger partial charge in [0.25, 0.3) is 0 Å². The Labute approximate surface area is 57.6 Å². The van der Waals surface area contributed by atoms with E-state index in [1.807, 2.05) is 32.9 Å². The van der Waals surface area contributed by atoms with Crippen LogP contribution in [0.5, 0.6) is 0 Å². The Balaban J connectivity index is 4.01. The predicted octanol–water partition coefficient (Wildman–Crippen LogP) is 3.08. The molecule has 0 aliphatic rings. The summed E-state index contributed by atoms with van der Waals surface area (Å²) in [6, 6.07) is 0. The number of hydrogen-bond acceptors (Lipinski definition) is 0. The summed E-state index contributed by atoms with van der Waals surface area (Å²) in [4.78, 5) is 0. The van der Waals surface area contributed by atoms with Crippen molar-refractivity contribution in [2.75, 3.05) is 0 Å². The van der Waals surface area contributed by atoms with Gasteiger partial charge in [0.2, 0.25) is 0 Å². The molecule has 0 aromatic heterocycles. The minimum atomic E-state index is 1.26. The maximum absolute atomic E-state index is 2.08. The molecule has 50 valence electrons. The van der Waals surface area contributed by atoms with Gasteiger partial charge in [-0.15, -0.1) is 0 Å². The smallest absolute Gasteiger partial charge is 0.0306 e. The Morgan fingerprint density at radius 1 is 0.889 bits per heavy atom. The fourth-order valence-electron chi connectivity index (χ4n) is 0.633. The van der Waals surface area contributed by atoms with Crippen molar-refractivity contribution in [2.45, 2.75) is 20.8 Å². The molecule has 0 saturated heterocycles. The van der Waals surface area contributed by atoms with Gasteiger partial charge in [0, 0.05) is 0 Å². The van der Waals surface area contributed by atoms with E-state index in [1.165, 1.54) is 5.57 Å². The van der Waals surface area contributed by atoms with Crippen molar-refractivity contribution in [1.82, 2.24) is 0 Å². The van der Waals surface area contributed by atoms with Crippen LogP contribution in [0.25, 0.3) is 0 Å². The van der Waals surface area contributed by atoms with Gasteiger partial charge < -0.3 is 0 Å². The molecule has 0 rings (SSSR count). The Morgan fingerprint density at radius 3 is 1.56 bits per heavy atom. The zero-order valence-electron chi connectivity index (χ0n) is 6.39. The molecule has 0 aromatic rings. The second-order valence-electron chi connectivity index (χ2n) is 1.79. The number of hydrogen-bond donors (Lipinski definition) is 0. The van der Waals surface area contributed by atoms with E-state index in [0.29, 0.717) is 0 Å². The van der Waals surface area contributed by atoms with Crippen molar-refractivity contribution in [3.05, 3.63) is 36.0 Å². The first-order chi connectivity index (χ1) is 4.35. The van der Waals surface area contributed by atoms with Gasteiger partial charge in [-0.2, -0.15) is 0 Å². The molecule has 0 heterocycles. The Kier molecular flexibility index (Phi) is 4.89. The van der Waals surface area contributed by atoms with Gasteiger partial charge >= 0.3 is 0 Å². The summed E-state index contributed by atoms with van der Waals surface area (Å²) in [6.45, 7) is 6.08. The monoisotopic (exact) mass is 122 g/mol. The van der Waals surface area contributed by atoms with Crippen molar-refractivity contribution in [2.24, 2.45) is 0 Å². The quantitative estimate of drug-likeness (QED) is 0.494. The SMILES string of the molecule is CC=C(/C=C\C)/C=C\C. The largest absolute Gasteiger partial charge is 0.0871 e. The molecular formula is C9H14. The van der Waals surface area contributed by atoms with Crippen molar-refractivity contribution < 1.29 is 0 Å². The average Bonchev–Trinajstić information content (AvgIpc) is 1.88. The van der Waals surface area contributed by atoms with Crippen molar-refractivity contribution >= 4 is 0 Å². The van der Waals surface area contributed by atoms with Crippen LogP contribution in [0.4, 0.5) is 0 Å². The summed E-state index contributed by atoms with van der Waals surface area (Å²) in [5.41, 5.74) is 1.26. The molecule has 0 aliphatic heterocycles. The molecule has 9 heavy (non-hydrogen) atoms. The van der Waals surface area contributed by atoms with E-state index >= 15 is 0 Å². The van der Waals surface area contributed by atoms with Gasteiger partial charge in [-0.3, -0.25) is 0 Å². The van der Waals surface area contributed by atoms with Crippen LogP contribution < -0.4 is 0 Å². The Bertz CT molecular complexity index is 122. The van der Waals surface area contributed by atoms with Crippen molar-refractivity contribution in [3.8, 4) is 0 Å². The topological polar surface area (TPSA) is 0 Å². The molecule has 0 heteroatoms. The summed E-state index contributed by atoms with van der Waals surface area (Å²) >= 11 is 0. The lowest BCUT2D eigenvalue weighted by Crippen LogP contribution is -1.66. The molecule has 0 radical (unpaired) electrons. The van der Waals surface area contributed by atoms with Crippen molar-refractivity contribution in [1.29, 1.82) is 0 Å². The third-order valence-electron chi connectivity index (χ3n) is 1.05. The normalized spacial score (nSPS) is 11.0. The molecular weight excluding hydrogens is 108 g/mol. The molecule has 0 spiro atoms. The highest BCUT2D eigenvalue weighted by Gasteiger charge is 1.76. The molecule has 0 fully saturated rings. The zero-order chi connectivity index (χ0) is 7.11. The summed E-state index contributed by atoms with van der Waals surface area (Å²) in [5, 5.41) is 0. The highest BCUT2D eigenvalue weighted by molar-refractivity contribution is 5.29. The predicted molar refractivity (Wildman–Crippen MR) is 43.4 cm³/mol.